The zero-order valence-electron chi connectivity index (χ0n) is 10.9. The van der Waals surface area contributed by atoms with E-state index in [1.807, 2.05) is 6.07 Å². The minimum atomic E-state index is -1.16. The number of aromatic nitrogens is 2. The maximum Gasteiger partial charge on any atom is 0.238 e. The number of Topliss-reactive ketones (excluding diaryl/α,β-unsaturated/α-hetero) is 1. The van der Waals surface area contributed by atoms with Crippen molar-refractivity contribution in [1.82, 2.24) is 9.97 Å². The largest absolute Gasteiger partial charge is 0.474 e. The molecule has 1 rings (SSSR count). The summed E-state index contributed by atoms with van der Waals surface area (Å²) >= 11 is 0. The molecule has 0 fully saturated rings. The number of carbonyl (C=O) groups is 1. The van der Waals surface area contributed by atoms with Crippen LogP contribution in [0.5, 0.6) is 5.88 Å². The second kappa shape index (κ2) is 7.22. The first kappa shape index (κ1) is 15.6. The Hall–Kier alpha value is -2.44. The van der Waals surface area contributed by atoms with Gasteiger partial charge in [0.15, 0.2) is 17.2 Å². The summed E-state index contributed by atoms with van der Waals surface area (Å²) in [6.07, 6.45) is -1.16. The Balaban J connectivity index is 2.47. The van der Waals surface area contributed by atoms with Crippen molar-refractivity contribution in [1.29, 1.82) is 5.26 Å². The number of aliphatic hydroxyl groups is 1. The molecule has 9 nitrogen and oxygen atoms in total. The predicted octanol–water partition coefficient (Wildman–Crippen LogP) is -1.14. The molecule has 1 atom stereocenters. The number of ether oxygens (including phenoxy) is 2. The number of hydrogen-bond acceptors (Lipinski definition) is 9. The fraction of sp³-hybridized carbons (Fsp3) is 0.455. The van der Waals surface area contributed by atoms with Crippen LogP contribution in [0, 0.1) is 11.3 Å². The monoisotopic (exact) mass is 281 g/mol. The normalized spacial score (nSPS) is 11.7. The van der Waals surface area contributed by atoms with Gasteiger partial charge >= 0.3 is 0 Å². The Kier molecular flexibility index (Phi) is 5.64. The summed E-state index contributed by atoms with van der Waals surface area (Å²) in [5, 5.41) is 18.1. The number of ketones is 1. The third-order valence-electron chi connectivity index (χ3n) is 2.24. The summed E-state index contributed by atoms with van der Waals surface area (Å²) in [6, 6.07) is 1.81. The van der Waals surface area contributed by atoms with Crippen molar-refractivity contribution in [2.75, 3.05) is 31.3 Å². The molecule has 0 amide bonds. The number of nitrogens with zero attached hydrogens (tertiary/aromatic N) is 3. The molecule has 0 aliphatic carbocycles. The Bertz CT molecular complexity index is 528. The van der Waals surface area contributed by atoms with Crippen LogP contribution in [0.15, 0.2) is 0 Å². The van der Waals surface area contributed by atoms with E-state index in [0.717, 1.165) is 0 Å². The van der Waals surface area contributed by atoms with E-state index in [4.69, 9.17) is 26.2 Å². The van der Waals surface area contributed by atoms with Gasteiger partial charge < -0.3 is 26.0 Å². The number of hydrogen-bond donors (Lipinski definition) is 3. The minimum Gasteiger partial charge on any atom is -0.474 e. The van der Waals surface area contributed by atoms with Crippen molar-refractivity contribution >= 4 is 17.5 Å². The highest BCUT2D eigenvalue weighted by Crippen LogP contribution is 2.20. The molecule has 1 aromatic heterocycles. The Labute approximate surface area is 115 Å². The predicted molar refractivity (Wildman–Crippen MR) is 68.6 cm³/mol. The fourth-order valence-corrected chi connectivity index (χ4v) is 1.19. The lowest BCUT2D eigenvalue weighted by Gasteiger charge is -2.10. The van der Waals surface area contributed by atoms with Gasteiger partial charge in [0.05, 0.1) is 13.2 Å². The lowest BCUT2D eigenvalue weighted by molar-refractivity contribution is -0.128. The molecule has 108 valence electrons. The SMILES string of the molecule is CC(=O)C(O)COCCOc1nc(N)nc(N)c1C#N. The third-order valence-corrected chi connectivity index (χ3v) is 2.24. The number of carbonyl (C=O) groups excluding carboxylic acids is 1. The summed E-state index contributed by atoms with van der Waals surface area (Å²) in [7, 11) is 0. The van der Waals surface area contributed by atoms with Gasteiger partial charge in [-0.2, -0.15) is 15.2 Å². The first-order valence-corrected chi connectivity index (χ1v) is 5.67. The average molecular weight is 281 g/mol. The van der Waals surface area contributed by atoms with Crippen LogP contribution in [-0.2, 0) is 9.53 Å². The van der Waals surface area contributed by atoms with Crippen LogP contribution in [-0.4, -0.2) is 46.8 Å². The minimum absolute atomic E-state index is 0.0111. The number of nitriles is 1. The molecule has 1 heterocycles. The van der Waals surface area contributed by atoms with Gasteiger partial charge in [-0.3, -0.25) is 4.79 Å². The number of nitrogen functional groups attached to an aromatic ring is 2. The van der Waals surface area contributed by atoms with E-state index in [2.05, 4.69) is 9.97 Å². The molecule has 0 saturated heterocycles. The lowest BCUT2D eigenvalue weighted by Crippen LogP contribution is -2.24. The van der Waals surface area contributed by atoms with Crippen LogP contribution in [0.3, 0.4) is 0 Å². The summed E-state index contributed by atoms with van der Waals surface area (Å²) in [5.41, 5.74) is 10.9. The molecule has 0 bridgehead atoms. The van der Waals surface area contributed by atoms with E-state index in [0.29, 0.717) is 0 Å². The van der Waals surface area contributed by atoms with Gasteiger partial charge in [0, 0.05) is 0 Å². The molecule has 20 heavy (non-hydrogen) atoms. The molecule has 0 aromatic carbocycles. The molecule has 0 aliphatic rings. The van der Waals surface area contributed by atoms with E-state index in [9.17, 15) is 9.90 Å². The maximum atomic E-state index is 10.7. The van der Waals surface area contributed by atoms with Crippen molar-refractivity contribution in [3.63, 3.8) is 0 Å². The van der Waals surface area contributed by atoms with Gasteiger partial charge in [0.1, 0.15) is 18.8 Å². The van der Waals surface area contributed by atoms with E-state index < -0.39 is 6.10 Å². The van der Waals surface area contributed by atoms with Crippen molar-refractivity contribution in [3.05, 3.63) is 5.56 Å². The van der Waals surface area contributed by atoms with Gasteiger partial charge in [-0.25, -0.2) is 0 Å². The fourth-order valence-electron chi connectivity index (χ4n) is 1.19. The summed E-state index contributed by atoms with van der Waals surface area (Å²) in [6.45, 7) is 1.28. The highest BCUT2D eigenvalue weighted by Gasteiger charge is 2.13. The molecule has 0 radical (unpaired) electrons. The van der Waals surface area contributed by atoms with Crippen LogP contribution in [0.4, 0.5) is 11.8 Å². The van der Waals surface area contributed by atoms with Crippen molar-refractivity contribution in [2.24, 2.45) is 0 Å². The Morgan fingerprint density at radius 1 is 1.45 bits per heavy atom. The average Bonchev–Trinajstić information content (AvgIpc) is 2.37. The molecule has 1 aromatic rings. The number of aliphatic hydroxyl groups excluding tert-OH is 1. The van der Waals surface area contributed by atoms with Gasteiger partial charge in [0.25, 0.3) is 0 Å². The number of anilines is 2. The molecule has 5 N–H and O–H groups in total. The van der Waals surface area contributed by atoms with Crippen LogP contribution in [0.2, 0.25) is 0 Å². The van der Waals surface area contributed by atoms with Crippen molar-refractivity contribution in [3.8, 4) is 11.9 Å². The second-order valence-corrected chi connectivity index (χ2v) is 3.81. The number of rotatable bonds is 7. The van der Waals surface area contributed by atoms with Crippen LogP contribution in [0.25, 0.3) is 0 Å². The van der Waals surface area contributed by atoms with E-state index in [1.165, 1.54) is 6.92 Å². The zero-order valence-corrected chi connectivity index (χ0v) is 10.9. The standard InChI is InChI=1S/C11H15N5O4/c1-6(17)8(18)5-19-2-3-20-10-7(4-12)9(13)15-11(14)16-10/h8,18H,2-3,5H2,1H3,(H4,13,14,15,16). The van der Waals surface area contributed by atoms with Crippen LogP contribution < -0.4 is 16.2 Å². The van der Waals surface area contributed by atoms with Gasteiger partial charge in [-0.15, -0.1) is 0 Å². The molecule has 0 aliphatic heterocycles. The highest BCUT2D eigenvalue weighted by molar-refractivity contribution is 5.80. The van der Waals surface area contributed by atoms with Crippen LogP contribution >= 0.6 is 0 Å². The van der Waals surface area contributed by atoms with Crippen molar-refractivity contribution in [2.45, 2.75) is 13.0 Å². The highest BCUT2D eigenvalue weighted by atomic mass is 16.5. The third kappa shape index (κ3) is 4.34. The van der Waals surface area contributed by atoms with Gasteiger partial charge in [-0.05, 0) is 6.92 Å². The topological polar surface area (TPSA) is 157 Å². The Morgan fingerprint density at radius 2 is 2.15 bits per heavy atom. The summed E-state index contributed by atoms with van der Waals surface area (Å²) in [4.78, 5) is 18.1. The molecule has 1 unspecified atom stereocenters. The maximum absolute atomic E-state index is 10.7. The van der Waals surface area contributed by atoms with E-state index >= 15 is 0 Å². The molecule has 0 spiro atoms. The number of nitrogens with two attached hydrogens (primary N) is 2. The smallest absolute Gasteiger partial charge is 0.238 e. The van der Waals surface area contributed by atoms with Crippen molar-refractivity contribution < 1.29 is 19.4 Å². The molecule has 9 heteroatoms. The molecule has 0 saturated carbocycles. The molecular formula is C11H15N5O4. The van der Waals surface area contributed by atoms with Gasteiger partial charge in [-0.1, -0.05) is 0 Å². The first-order valence-electron chi connectivity index (χ1n) is 5.67. The quantitative estimate of drug-likeness (QED) is 0.525. The zero-order chi connectivity index (χ0) is 15.1. The lowest BCUT2D eigenvalue weighted by atomic mass is 10.3. The summed E-state index contributed by atoms with van der Waals surface area (Å²) < 4.78 is 10.2. The first-order chi connectivity index (χ1) is 9.45. The summed E-state index contributed by atoms with van der Waals surface area (Å²) in [5.74, 6) is -0.588. The second-order valence-electron chi connectivity index (χ2n) is 3.81. The van der Waals surface area contributed by atoms with E-state index in [-0.39, 0.29) is 48.8 Å². The Morgan fingerprint density at radius 3 is 2.75 bits per heavy atom. The van der Waals surface area contributed by atoms with E-state index in [1.54, 1.807) is 0 Å². The van der Waals surface area contributed by atoms with Gasteiger partial charge in [0.2, 0.25) is 11.8 Å². The van der Waals surface area contributed by atoms with Crippen LogP contribution in [0.1, 0.15) is 12.5 Å². The molecular weight excluding hydrogens is 266 g/mol.